The standard InChI is InChI=1S/C133H4/c1-3-5-7-9-11-13-15-17-19-21-23-25-27-29-31-33-35-37-39-41-43-45-47-49-51-53-55-57-59-61-63-65-67-69-71-73-75-77-79-81-83-85-87-89-91-93-95-97-99-101-103-105-107-109-111-113-115-117-119-121-123-125-127-129-131-133-132-130-128-126-124-122-120-118-116-114-112-110-108-106-104-102-100-98-96-94-92-90-88-86-84-82-80-78-76-74-72-70-68-66-64-62-60-58-56-54-52-50-48-46-44-42-40-38-36-34-32-30-28-26-24-22-20-18-16-14-12-10-8-6-4-2/h1H,2H3. The Morgan fingerprint density at radius 1 is 0.0602 bits per heavy atom. The van der Waals surface area contributed by atoms with Crippen molar-refractivity contribution in [1.29, 1.82) is 0 Å². The van der Waals surface area contributed by atoms with Gasteiger partial charge in [0, 0.05) is 675 Å². The Morgan fingerprint density at radius 2 is 0.0977 bits per heavy atom. The number of terminal acetylenes is 1. The first-order valence-electron chi connectivity index (χ1n) is 33.3. The van der Waals surface area contributed by atoms with Crippen LogP contribution < -0.4 is 0 Å². The Morgan fingerprint density at radius 3 is 0.135 bits per heavy atom. The molecule has 0 aliphatic carbocycles. The maximum absolute atomic E-state index is 4.96. The van der Waals surface area contributed by atoms with Gasteiger partial charge in [-0.3, -0.25) is 0 Å². The molecule has 0 aromatic carbocycles. The summed E-state index contributed by atoms with van der Waals surface area (Å²) in [6.45, 7) is 1.68. The van der Waals surface area contributed by atoms with Crippen LogP contribution in [0.4, 0.5) is 0 Å². The first-order valence-corrected chi connectivity index (χ1v) is 33.3. The van der Waals surface area contributed by atoms with Gasteiger partial charge >= 0.3 is 0 Å². The van der Waals surface area contributed by atoms with Crippen LogP contribution in [0.5, 0.6) is 0 Å². The van der Waals surface area contributed by atoms with Crippen molar-refractivity contribution >= 4 is 0 Å². The lowest BCUT2D eigenvalue weighted by atomic mass is 10.4. The normalized spacial score (nSPS) is 3.97. The molecule has 0 radical (unpaired) electrons. The van der Waals surface area contributed by atoms with Crippen molar-refractivity contribution in [2.45, 2.75) is 6.92 Å². The molecule has 0 bridgehead atoms. The third kappa shape index (κ3) is 103. The van der Waals surface area contributed by atoms with Crippen LogP contribution in [0.25, 0.3) is 0 Å². The molecule has 0 aromatic heterocycles. The average molecular weight is 1600 g/mol. The van der Waals surface area contributed by atoms with Gasteiger partial charge in [-0.2, -0.15) is 0 Å². The minimum Gasteiger partial charge on any atom is -0.106 e. The lowest BCUT2D eigenvalue weighted by Gasteiger charge is -1.58. The molecule has 0 rings (SSSR count). The fraction of sp³-hybridized carbons (Fsp3) is 0.00752. The molecule has 133 heavy (non-hydrogen) atoms. The maximum Gasteiger partial charge on any atom is 0 e. The zero-order valence-corrected chi connectivity index (χ0v) is 67.1. The van der Waals surface area contributed by atoms with Crippen molar-refractivity contribution in [1.82, 2.24) is 0 Å². The van der Waals surface area contributed by atoms with Crippen molar-refractivity contribution in [2.75, 3.05) is 0 Å². The second-order valence-corrected chi connectivity index (χ2v) is 16.5. The highest BCUT2D eigenvalue weighted by molar-refractivity contribution is 5.59. The molecular weight excluding hydrogens is 1600 g/mol. The van der Waals surface area contributed by atoms with Gasteiger partial charge in [0.2, 0.25) is 0 Å². The third-order valence-electron chi connectivity index (χ3n) is 8.20. The molecule has 0 saturated carbocycles. The Labute approximate surface area is 783 Å². The van der Waals surface area contributed by atoms with E-state index in [0.29, 0.717) is 0 Å². The van der Waals surface area contributed by atoms with Gasteiger partial charge in [-0.15, -0.1) is 6.42 Å². The van der Waals surface area contributed by atoms with E-state index in [0.717, 1.165) is 0 Å². The summed E-state index contributed by atoms with van der Waals surface area (Å²) >= 11 is 0. The van der Waals surface area contributed by atoms with Gasteiger partial charge in [-0.25, -0.2) is 0 Å². The van der Waals surface area contributed by atoms with Gasteiger partial charge in [-0.1, -0.05) is 5.92 Å². The van der Waals surface area contributed by atoms with E-state index >= 15 is 0 Å². The summed E-state index contributed by atoms with van der Waals surface area (Å²) in [4.78, 5) is 0. The zero-order valence-electron chi connectivity index (χ0n) is 67.1. The monoisotopic (exact) mass is 1600 g/mol. The molecule has 0 aliphatic heterocycles. The predicted molar refractivity (Wildman–Crippen MR) is 520 cm³/mol. The van der Waals surface area contributed by atoms with Crippen molar-refractivity contribution in [2.24, 2.45) is 0 Å². The Balaban J connectivity index is 4.65. The molecule has 0 N–H and O–H groups in total. The van der Waals surface area contributed by atoms with Gasteiger partial charge in [-0.05, 0) is 102 Å². The van der Waals surface area contributed by atoms with E-state index in [-0.39, 0.29) is 0 Å². The number of rotatable bonds is 0. The Hall–Kier alpha value is -29.0. The molecule has 0 spiro atoms. The first kappa shape index (κ1) is 104. The summed E-state index contributed by atoms with van der Waals surface area (Å²) in [5, 5.41) is 0. The third-order valence-corrected chi connectivity index (χ3v) is 8.20. The highest BCUT2D eigenvalue weighted by Crippen LogP contribution is 1.71. The van der Waals surface area contributed by atoms with Crippen LogP contribution in [0.1, 0.15) is 6.92 Å². The lowest BCUT2D eigenvalue weighted by Crippen LogP contribution is -1.57. The minimum atomic E-state index is 1.68. The topological polar surface area (TPSA) is 0 Å². The molecule has 0 aliphatic rings. The van der Waals surface area contributed by atoms with Crippen LogP contribution in [-0.4, -0.2) is 0 Å². The molecule has 0 fully saturated rings. The summed E-state index contributed by atoms with van der Waals surface area (Å²) in [6, 6.07) is 0. The molecule has 536 valence electrons. The summed E-state index contributed by atoms with van der Waals surface area (Å²) < 4.78 is 0. The molecule has 0 aromatic rings. The molecule has 0 unspecified atom stereocenters. The van der Waals surface area contributed by atoms with Gasteiger partial charge in [0.1, 0.15) is 0 Å². The second kappa shape index (κ2) is 103. The number of hydrogen-bond acceptors (Lipinski definition) is 0. The zero-order chi connectivity index (χ0) is 94.6. The minimum absolute atomic E-state index is 1.68. The quantitative estimate of drug-likeness (QED) is 0.317. The van der Waals surface area contributed by atoms with Crippen molar-refractivity contribution in [3.05, 3.63) is 0 Å². The average Bonchev–Trinajstić information content (AvgIpc) is 1.11. The fourth-order valence-corrected chi connectivity index (χ4v) is 4.07. The molecule has 0 saturated heterocycles. The van der Waals surface area contributed by atoms with E-state index in [9.17, 15) is 0 Å². The molecule has 0 nitrogen and oxygen atoms in total. The fourth-order valence-electron chi connectivity index (χ4n) is 4.07. The van der Waals surface area contributed by atoms with Crippen LogP contribution in [0, 0.1) is 782 Å². The predicted octanol–water partition coefficient (Wildman–Crippen LogP) is 0.861. The van der Waals surface area contributed by atoms with E-state index in [1.54, 1.807) is 6.92 Å². The van der Waals surface area contributed by atoms with E-state index in [2.05, 4.69) is 776 Å². The van der Waals surface area contributed by atoms with Crippen molar-refractivity contribution in [3.8, 4) is 782 Å². The number of hydrogen-bond donors (Lipinski definition) is 0. The highest BCUT2D eigenvalue weighted by atomic mass is 13.7. The van der Waals surface area contributed by atoms with E-state index < -0.39 is 0 Å². The molecular formula is C133H4. The summed E-state index contributed by atoms with van der Waals surface area (Å²) in [5.41, 5.74) is 0. The summed E-state index contributed by atoms with van der Waals surface area (Å²) in [5.74, 6) is 327. The van der Waals surface area contributed by atoms with Crippen LogP contribution in [0.3, 0.4) is 0 Å². The van der Waals surface area contributed by atoms with E-state index in [1.807, 2.05) is 0 Å². The first-order chi connectivity index (χ1) is 66.4. The lowest BCUT2D eigenvalue weighted by molar-refractivity contribution is 1.92. The molecule has 0 heteroatoms. The van der Waals surface area contributed by atoms with Crippen LogP contribution in [0.2, 0.25) is 0 Å². The SMILES string of the molecule is C#CC#CC#CC#CC#CC#CC#CC#CC#CC#CC#CC#CC#CC#CC#CC#CC#CC#CC#CC#CC#CC#CC#CC#CC#CC#CC#CC#CC#CC#CC#CC#CC#CC#CC#CC#CC#CC#CC#CC#CC#CC#CC#CC#CC#CC#CC#CC#CC#CC#CC#CC#CC#CC#CC#CC#CC#CC#CC#CC#CC#CC#CC#CC#CC#CC#CC. The van der Waals surface area contributed by atoms with Gasteiger partial charge in [0.05, 0.1) is 0 Å². The summed E-state index contributed by atoms with van der Waals surface area (Å²) in [7, 11) is 0. The maximum atomic E-state index is 4.96. The van der Waals surface area contributed by atoms with E-state index in [4.69, 9.17) is 6.42 Å². The van der Waals surface area contributed by atoms with Crippen molar-refractivity contribution in [3.63, 3.8) is 0 Å². The Bertz CT molecular complexity index is 9240. The van der Waals surface area contributed by atoms with Gasteiger partial charge in [0.25, 0.3) is 0 Å². The molecule has 0 atom stereocenters. The van der Waals surface area contributed by atoms with Gasteiger partial charge in [0.15, 0.2) is 0 Å². The smallest absolute Gasteiger partial charge is 0 e. The van der Waals surface area contributed by atoms with Crippen molar-refractivity contribution < 1.29 is 0 Å². The van der Waals surface area contributed by atoms with E-state index in [1.165, 1.54) is 0 Å². The Kier molecular flexibility index (Phi) is 80.5. The highest BCUT2D eigenvalue weighted by Gasteiger charge is 1.70. The molecule has 0 heterocycles. The van der Waals surface area contributed by atoms with Gasteiger partial charge < -0.3 is 0 Å². The largest absolute Gasteiger partial charge is 0.106 e. The van der Waals surface area contributed by atoms with Crippen LogP contribution >= 0.6 is 0 Å². The van der Waals surface area contributed by atoms with Crippen LogP contribution in [0.15, 0.2) is 0 Å². The molecule has 0 amide bonds. The summed E-state index contributed by atoms with van der Waals surface area (Å²) in [6.07, 6.45) is 4.96. The second-order valence-electron chi connectivity index (χ2n) is 16.5. The van der Waals surface area contributed by atoms with Crippen LogP contribution in [-0.2, 0) is 0 Å².